The van der Waals surface area contributed by atoms with Gasteiger partial charge in [-0.15, -0.1) is 0 Å². The fraction of sp³-hybridized carbons (Fsp3) is 0.385. The van der Waals surface area contributed by atoms with E-state index in [-0.39, 0.29) is 6.54 Å². The summed E-state index contributed by atoms with van der Waals surface area (Å²) in [6.07, 6.45) is 1.27. The summed E-state index contributed by atoms with van der Waals surface area (Å²) in [5.74, 6) is -1.48. The van der Waals surface area contributed by atoms with Gasteiger partial charge in [-0.25, -0.2) is 4.79 Å². The normalized spacial score (nSPS) is 11.8. The third kappa shape index (κ3) is 5.38. The molecular formula is C13H16BrClN2O3. The maximum absolute atomic E-state index is 11.7. The number of carbonyl (C=O) groups excluding carboxylic acids is 1. The summed E-state index contributed by atoms with van der Waals surface area (Å²) in [5.41, 5.74) is 0.525. The number of rotatable bonds is 6. The quantitative estimate of drug-likeness (QED) is 0.720. The molecule has 1 unspecified atom stereocenters. The zero-order valence-electron chi connectivity index (χ0n) is 11.0. The van der Waals surface area contributed by atoms with Crippen LogP contribution in [0.1, 0.15) is 19.8 Å². The third-order valence-corrected chi connectivity index (χ3v) is 3.60. The van der Waals surface area contributed by atoms with Crippen molar-refractivity contribution in [1.29, 1.82) is 0 Å². The minimum Gasteiger partial charge on any atom is -0.481 e. The predicted molar refractivity (Wildman–Crippen MR) is 82.2 cm³/mol. The Morgan fingerprint density at radius 1 is 1.45 bits per heavy atom. The molecule has 0 saturated heterocycles. The first kappa shape index (κ1) is 16.8. The lowest BCUT2D eigenvalue weighted by molar-refractivity contribution is -0.141. The van der Waals surface area contributed by atoms with Gasteiger partial charge in [0, 0.05) is 16.0 Å². The highest BCUT2D eigenvalue weighted by atomic mass is 79.9. The van der Waals surface area contributed by atoms with Crippen LogP contribution in [0.25, 0.3) is 0 Å². The van der Waals surface area contributed by atoms with E-state index in [1.807, 2.05) is 6.92 Å². The number of benzene rings is 1. The van der Waals surface area contributed by atoms with Gasteiger partial charge in [-0.2, -0.15) is 0 Å². The van der Waals surface area contributed by atoms with Gasteiger partial charge in [0.05, 0.1) is 11.6 Å². The van der Waals surface area contributed by atoms with Crippen LogP contribution in [0, 0.1) is 5.92 Å². The van der Waals surface area contributed by atoms with Crippen molar-refractivity contribution in [2.45, 2.75) is 19.8 Å². The molecule has 0 spiro atoms. The summed E-state index contributed by atoms with van der Waals surface area (Å²) < 4.78 is 0.695. The number of hydrogen-bond donors (Lipinski definition) is 3. The van der Waals surface area contributed by atoms with Gasteiger partial charge in [-0.3, -0.25) is 4.79 Å². The summed E-state index contributed by atoms with van der Waals surface area (Å²) in [6, 6.07) is 4.55. The molecule has 3 N–H and O–H groups in total. The van der Waals surface area contributed by atoms with Crippen LogP contribution >= 0.6 is 27.5 Å². The molecule has 0 aromatic heterocycles. The molecule has 0 saturated carbocycles. The van der Waals surface area contributed by atoms with Gasteiger partial charge >= 0.3 is 12.0 Å². The van der Waals surface area contributed by atoms with Crippen LogP contribution in [0.15, 0.2) is 22.7 Å². The number of anilines is 1. The van der Waals surface area contributed by atoms with E-state index < -0.39 is 17.9 Å². The molecule has 0 aliphatic carbocycles. The zero-order chi connectivity index (χ0) is 15.1. The Morgan fingerprint density at radius 2 is 2.15 bits per heavy atom. The van der Waals surface area contributed by atoms with Crippen molar-refractivity contribution in [3.63, 3.8) is 0 Å². The number of hydrogen-bond acceptors (Lipinski definition) is 2. The summed E-state index contributed by atoms with van der Waals surface area (Å²) in [6.45, 7) is 1.99. The van der Waals surface area contributed by atoms with E-state index >= 15 is 0 Å². The third-order valence-electron chi connectivity index (χ3n) is 2.67. The van der Waals surface area contributed by atoms with Gasteiger partial charge in [0.2, 0.25) is 0 Å². The number of urea groups is 1. The Hall–Kier alpha value is -1.27. The van der Waals surface area contributed by atoms with Gasteiger partial charge in [0.25, 0.3) is 0 Å². The second-order valence-corrected chi connectivity index (χ2v) is 5.57. The second kappa shape index (κ2) is 8.11. The van der Waals surface area contributed by atoms with Crippen molar-refractivity contribution in [3.05, 3.63) is 27.7 Å². The molecule has 1 aromatic carbocycles. The number of nitrogens with one attached hydrogen (secondary N) is 2. The maximum Gasteiger partial charge on any atom is 0.319 e. The van der Waals surface area contributed by atoms with Crippen LogP contribution < -0.4 is 10.6 Å². The number of carboxylic acid groups (broad SMARTS) is 1. The van der Waals surface area contributed by atoms with E-state index in [4.69, 9.17) is 16.7 Å². The lowest BCUT2D eigenvalue weighted by atomic mass is 10.0. The summed E-state index contributed by atoms with van der Waals surface area (Å²) in [4.78, 5) is 22.7. The first-order valence-corrected chi connectivity index (χ1v) is 7.33. The molecule has 0 aliphatic heterocycles. The molecule has 1 rings (SSSR count). The fourth-order valence-corrected chi connectivity index (χ4v) is 2.15. The second-order valence-electron chi connectivity index (χ2n) is 4.28. The molecule has 20 heavy (non-hydrogen) atoms. The van der Waals surface area contributed by atoms with Crippen molar-refractivity contribution in [1.82, 2.24) is 5.32 Å². The van der Waals surface area contributed by atoms with Crippen molar-refractivity contribution in [3.8, 4) is 0 Å². The zero-order valence-corrected chi connectivity index (χ0v) is 13.3. The van der Waals surface area contributed by atoms with Crippen LogP contribution in [0.5, 0.6) is 0 Å². The van der Waals surface area contributed by atoms with Crippen LogP contribution in [0.3, 0.4) is 0 Å². The predicted octanol–water partition coefficient (Wildman–Crippen LogP) is 3.72. The van der Waals surface area contributed by atoms with Gasteiger partial charge in [0.1, 0.15) is 0 Å². The van der Waals surface area contributed by atoms with Gasteiger partial charge in [-0.1, -0.05) is 24.9 Å². The largest absolute Gasteiger partial charge is 0.481 e. The topological polar surface area (TPSA) is 78.4 Å². The highest BCUT2D eigenvalue weighted by Crippen LogP contribution is 2.25. The number of carboxylic acids is 1. The van der Waals surface area contributed by atoms with Crippen LogP contribution in [-0.2, 0) is 4.79 Å². The minimum absolute atomic E-state index is 0.0905. The number of halogens is 2. The first-order chi connectivity index (χ1) is 9.43. The SMILES string of the molecule is CCCC(CNC(=O)Nc1cc(Cl)ccc1Br)C(=O)O. The monoisotopic (exact) mass is 362 g/mol. The van der Waals surface area contributed by atoms with Crippen LogP contribution in [0.4, 0.5) is 10.5 Å². The molecule has 0 radical (unpaired) electrons. The van der Waals surface area contributed by atoms with Crippen molar-refractivity contribution in [2.24, 2.45) is 5.92 Å². The lowest BCUT2D eigenvalue weighted by Crippen LogP contribution is -2.35. The fourth-order valence-electron chi connectivity index (χ4n) is 1.64. The Morgan fingerprint density at radius 3 is 2.75 bits per heavy atom. The summed E-state index contributed by atoms with van der Waals surface area (Å²) in [5, 5.41) is 14.7. The highest BCUT2D eigenvalue weighted by molar-refractivity contribution is 9.10. The molecule has 1 atom stereocenters. The lowest BCUT2D eigenvalue weighted by Gasteiger charge is -2.13. The molecule has 0 aliphatic rings. The summed E-state index contributed by atoms with van der Waals surface area (Å²) in [7, 11) is 0. The molecular weight excluding hydrogens is 348 g/mol. The van der Waals surface area contributed by atoms with E-state index in [9.17, 15) is 9.59 Å². The number of amides is 2. The van der Waals surface area contributed by atoms with E-state index in [2.05, 4.69) is 26.6 Å². The van der Waals surface area contributed by atoms with E-state index in [0.29, 0.717) is 21.6 Å². The standard InChI is InChI=1S/C13H16BrClN2O3/c1-2-3-8(12(18)19)7-16-13(20)17-11-6-9(15)4-5-10(11)14/h4-6,8H,2-3,7H2,1H3,(H,18,19)(H2,16,17,20). The smallest absolute Gasteiger partial charge is 0.319 e. The molecule has 2 amide bonds. The van der Waals surface area contributed by atoms with E-state index in [1.165, 1.54) is 0 Å². The Bertz CT molecular complexity index is 497. The van der Waals surface area contributed by atoms with E-state index in [1.54, 1.807) is 18.2 Å². The van der Waals surface area contributed by atoms with Gasteiger partial charge in [-0.05, 0) is 40.5 Å². The average molecular weight is 364 g/mol. The molecule has 7 heteroatoms. The highest BCUT2D eigenvalue weighted by Gasteiger charge is 2.17. The minimum atomic E-state index is -0.906. The number of aliphatic carboxylic acids is 1. The molecule has 5 nitrogen and oxygen atoms in total. The van der Waals surface area contributed by atoms with Gasteiger partial charge < -0.3 is 15.7 Å². The Kier molecular flexibility index (Phi) is 6.81. The molecule has 110 valence electrons. The molecule has 0 heterocycles. The number of carbonyl (C=O) groups is 2. The maximum atomic E-state index is 11.7. The Labute approximate surface area is 130 Å². The van der Waals surface area contributed by atoms with Crippen molar-refractivity contribution in [2.75, 3.05) is 11.9 Å². The van der Waals surface area contributed by atoms with Crippen LogP contribution in [-0.4, -0.2) is 23.7 Å². The van der Waals surface area contributed by atoms with Crippen molar-refractivity contribution < 1.29 is 14.7 Å². The Balaban J connectivity index is 2.55. The molecule has 1 aromatic rings. The van der Waals surface area contributed by atoms with E-state index in [0.717, 1.165) is 6.42 Å². The molecule has 0 fully saturated rings. The summed E-state index contributed by atoms with van der Waals surface area (Å²) >= 11 is 9.13. The average Bonchev–Trinajstić information content (AvgIpc) is 2.38. The van der Waals surface area contributed by atoms with Crippen molar-refractivity contribution >= 4 is 45.2 Å². The first-order valence-electron chi connectivity index (χ1n) is 6.16. The van der Waals surface area contributed by atoms with Gasteiger partial charge in [0.15, 0.2) is 0 Å². The molecule has 0 bridgehead atoms. The van der Waals surface area contributed by atoms with Crippen LogP contribution in [0.2, 0.25) is 5.02 Å².